The highest BCUT2D eigenvalue weighted by Crippen LogP contribution is 2.11. The van der Waals surface area contributed by atoms with Crippen molar-refractivity contribution in [2.24, 2.45) is 5.92 Å². The van der Waals surface area contributed by atoms with Crippen molar-refractivity contribution in [3.63, 3.8) is 0 Å². The number of carbonyl (C=O) groups excluding carboxylic acids is 1. The van der Waals surface area contributed by atoms with Crippen LogP contribution < -0.4 is 5.32 Å². The zero-order chi connectivity index (χ0) is 14.3. The van der Waals surface area contributed by atoms with Crippen LogP contribution in [0.15, 0.2) is 24.3 Å². The lowest BCUT2D eigenvalue weighted by molar-refractivity contribution is -0.138. The van der Waals surface area contributed by atoms with Crippen molar-refractivity contribution in [2.75, 3.05) is 6.54 Å². The number of carbonyl (C=O) groups is 2. The molecule has 0 saturated carbocycles. The molecule has 0 heterocycles. The third kappa shape index (κ3) is 4.73. The number of rotatable bonds is 7. The minimum absolute atomic E-state index is 0.0183. The van der Waals surface area contributed by atoms with Gasteiger partial charge in [0, 0.05) is 18.5 Å². The van der Waals surface area contributed by atoms with Crippen LogP contribution >= 0.6 is 0 Å². The summed E-state index contributed by atoms with van der Waals surface area (Å²) in [4.78, 5) is 22.7. The third-order valence-electron chi connectivity index (χ3n) is 3.23. The maximum Gasteiger partial charge on any atom is 0.303 e. The van der Waals surface area contributed by atoms with Gasteiger partial charge >= 0.3 is 5.97 Å². The molecule has 2 N–H and O–H groups in total. The summed E-state index contributed by atoms with van der Waals surface area (Å²) in [5.74, 6) is -0.966. The second-order valence-corrected chi connectivity index (χ2v) is 4.59. The fourth-order valence-corrected chi connectivity index (χ4v) is 1.99. The maximum absolute atomic E-state index is 12.1. The lowest BCUT2D eigenvalue weighted by atomic mass is 10.0. The Labute approximate surface area is 113 Å². The van der Waals surface area contributed by atoms with E-state index in [0.29, 0.717) is 12.1 Å². The minimum atomic E-state index is -0.824. The predicted molar refractivity (Wildman–Crippen MR) is 74.2 cm³/mol. The SMILES string of the molecule is CCc1ccccc1C(=O)NCC(CC)CC(=O)O. The summed E-state index contributed by atoms with van der Waals surface area (Å²) in [5.41, 5.74) is 1.68. The molecule has 1 aromatic carbocycles. The first-order valence-electron chi connectivity index (χ1n) is 6.66. The van der Waals surface area contributed by atoms with Crippen LogP contribution in [-0.4, -0.2) is 23.5 Å². The van der Waals surface area contributed by atoms with Crippen molar-refractivity contribution in [3.05, 3.63) is 35.4 Å². The van der Waals surface area contributed by atoms with Crippen LogP contribution in [0.2, 0.25) is 0 Å². The Balaban J connectivity index is 2.61. The van der Waals surface area contributed by atoms with Crippen LogP contribution in [0.1, 0.15) is 42.6 Å². The monoisotopic (exact) mass is 263 g/mol. The summed E-state index contributed by atoms with van der Waals surface area (Å²) < 4.78 is 0. The molecule has 0 aliphatic rings. The van der Waals surface area contributed by atoms with E-state index in [0.717, 1.165) is 18.4 Å². The lowest BCUT2D eigenvalue weighted by Gasteiger charge is -2.14. The normalized spacial score (nSPS) is 11.9. The number of carboxylic acids is 1. The molecule has 0 spiro atoms. The topological polar surface area (TPSA) is 66.4 Å². The van der Waals surface area contributed by atoms with Gasteiger partial charge in [0.1, 0.15) is 0 Å². The first kappa shape index (κ1) is 15.2. The van der Waals surface area contributed by atoms with Gasteiger partial charge in [-0.1, -0.05) is 38.5 Å². The molecule has 0 radical (unpaired) electrons. The molecule has 0 aliphatic heterocycles. The maximum atomic E-state index is 12.1. The number of aryl methyl sites for hydroxylation is 1. The van der Waals surface area contributed by atoms with Crippen LogP contribution in [0.5, 0.6) is 0 Å². The molecular formula is C15H21NO3. The van der Waals surface area contributed by atoms with Gasteiger partial charge < -0.3 is 10.4 Å². The summed E-state index contributed by atoms with van der Waals surface area (Å²) in [6.07, 6.45) is 1.63. The summed E-state index contributed by atoms with van der Waals surface area (Å²) in [5, 5.41) is 11.6. The van der Waals surface area contributed by atoms with Crippen molar-refractivity contribution in [3.8, 4) is 0 Å². The van der Waals surface area contributed by atoms with Gasteiger partial charge in [-0.2, -0.15) is 0 Å². The molecule has 4 heteroatoms. The van der Waals surface area contributed by atoms with Gasteiger partial charge in [0.15, 0.2) is 0 Å². The summed E-state index contributed by atoms with van der Waals surface area (Å²) >= 11 is 0. The Hall–Kier alpha value is -1.84. The summed E-state index contributed by atoms with van der Waals surface area (Å²) in [6.45, 7) is 4.34. The molecule has 0 fully saturated rings. The molecule has 0 aliphatic carbocycles. The molecule has 1 amide bonds. The van der Waals surface area contributed by atoms with Crippen LogP contribution in [0.25, 0.3) is 0 Å². The Kier molecular flexibility index (Phi) is 6.06. The van der Waals surface area contributed by atoms with E-state index >= 15 is 0 Å². The Morgan fingerprint density at radius 1 is 1.26 bits per heavy atom. The molecule has 19 heavy (non-hydrogen) atoms. The number of benzene rings is 1. The number of hydrogen-bond acceptors (Lipinski definition) is 2. The molecule has 0 bridgehead atoms. The Bertz CT molecular complexity index is 443. The van der Waals surface area contributed by atoms with Gasteiger partial charge in [-0.15, -0.1) is 0 Å². The van der Waals surface area contributed by atoms with Gasteiger partial charge in [0.2, 0.25) is 0 Å². The largest absolute Gasteiger partial charge is 0.481 e. The third-order valence-corrected chi connectivity index (χ3v) is 3.23. The molecular weight excluding hydrogens is 242 g/mol. The van der Waals surface area contributed by atoms with Crippen molar-refractivity contribution < 1.29 is 14.7 Å². The molecule has 4 nitrogen and oxygen atoms in total. The molecule has 1 rings (SSSR count). The van der Waals surface area contributed by atoms with Crippen LogP contribution in [0, 0.1) is 5.92 Å². The quantitative estimate of drug-likeness (QED) is 0.794. The van der Waals surface area contributed by atoms with Gasteiger partial charge in [-0.25, -0.2) is 0 Å². The highest BCUT2D eigenvalue weighted by molar-refractivity contribution is 5.95. The van der Waals surface area contributed by atoms with E-state index in [1.54, 1.807) is 6.07 Å². The van der Waals surface area contributed by atoms with E-state index < -0.39 is 5.97 Å². The average molecular weight is 263 g/mol. The highest BCUT2D eigenvalue weighted by atomic mass is 16.4. The van der Waals surface area contributed by atoms with Gasteiger partial charge in [0.25, 0.3) is 5.91 Å². The molecule has 0 aromatic heterocycles. The molecule has 1 unspecified atom stereocenters. The van der Waals surface area contributed by atoms with E-state index in [1.807, 2.05) is 32.0 Å². The van der Waals surface area contributed by atoms with Crippen molar-refractivity contribution in [1.29, 1.82) is 0 Å². The number of aliphatic carboxylic acids is 1. The van der Waals surface area contributed by atoms with Crippen molar-refractivity contribution >= 4 is 11.9 Å². The van der Waals surface area contributed by atoms with E-state index in [2.05, 4.69) is 5.32 Å². The molecule has 0 saturated heterocycles. The fourth-order valence-electron chi connectivity index (χ4n) is 1.99. The second kappa shape index (κ2) is 7.56. The molecule has 1 aromatic rings. The first-order valence-corrected chi connectivity index (χ1v) is 6.66. The number of carboxylic acid groups (broad SMARTS) is 1. The number of amides is 1. The van der Waals surface area contributed by atoms with Gasteiger partial charge in [-0.05, 0) is 24.0 Å². The van der Waals surface area contributed by atoms with Crippen LogP contribution in [0.4, 0.5) is 0 Å². The fraction of sp³-hybridized carbons (Fsp3) is 0.467. The van der Waals surface area contributed by atoms with Gasteiger partial charge in [-0.3, -0.25) is 9.59 Å². The number of nitrogens with one attached hydrogen (secondary N) is 1. The minimum Gasteiger partial charge on any atom is -0.481 e. The van der Waals surface area contributed by atoms with E-state index in [4.69, 9.17) is 5.11 Å². The second-order valence-electron chi connectivity index (χ2n) is 4.59. The predicted octanol–water partition coefficient (Wildman–Crippen LogP) is 2.48. The van der Waals surface area contributed by atoms with Crippen LogP contribution in [0.3, 0.4) is 0 Å². The first-order chi connectivity index (χ1) is 9.08. The molecule has 104 valence electrons. The zero-order valence-corrected chi connectivity index (χ0v) is 11.5. The smallest absolute Gasteiger partial charge is 0.303 e. The van der Waals surface area contributed by atoms with Gasteiger partial charge in [0.05, 0.1) is 0 Å². The highest BCUT2D eigenvalue weighted by Gasteiger charge is 2.14. The van der Waals surface area contributed by atoms with Crippen LogP contribution in [-0.2, 0) is 11.2 Å². The Morgan fingerprint density at radius 3 is 2.53 bits per heavy atom. The van der Waals surface area contributed by atoms with E-state index in [1.165, 1.54) is 0 Å². The number of hydrogen-bond donors (Lipinski definition) is 2. The standard InChI is InChI=1S/C15H21NO3/c1-3-11(9-14(17)18)10-16-15(19)13-8-6-5-7-12(13)4-2/h5-8,11H,3-4,9-10H2,1-2H3,(H,16,19)(H,17,18). The lowest BCUT2D eigenvalue weighted by Crippen LogP contribution is -2.30. The van der Waals surface area contributed by atoms with Crippen molar-refractivity contribution in [2.45, 2.75) is 33.1 Å². The summed E-state index contributed by atoms with van der Waals surface area (Å²) in [6, 6.07) is 7.48. The summed E-state index contributed by atoms with van der Waals surface area (Å²) in [7, 11) is 0. The van der Waals surface area contributed by atoms with E-state index in [-0.39, 0.29) is 18.2 Å². The van der Waals surface area contributed by atoms with E-state index in [9.17, 15) is 9.59 Å². The van der Waals surface area contributed by atoms with Crippen molar-refractivity contribution in [1.82, 2.24) is 5.32 Å². The Morgan fingerprint density at radius 2 is 1.95 bits per heavy atom. The molecule has 1 atom stereocenters. The average Bonchev–Trinajstić information content (AvgIpc) is 2.42. The zero-order valence-electron chi connectivity index (χ0n) is 11.5.